The molecular formula is C10H16N2O. The van der Waals surface area contributed by atoms with Crippen LogP contribution >= 0.6 is 0 Å². The number of hydrogen-bond acceptors (Lipinski definition) is 1. The Morgan fingerprint density at radius 1 is 1.69 bits per heavy atom. The lowest BCUT2D eigenvalue weighted by molar-refractivity contribution is 0.203. The molecule has 1 N–H and O–H groups in total. The zero-order valence-corrected chi connectivity index (χ0v) is 8.05. The van der Waals surface area contributed by atoms with Crippen molar-refractivity contribution < 1.29 is 4.79 Å². The first-order valence-corrected chi connectivity index (χ1v) is 4.76. The highest BCUT2D eigenvalue weighted by Gasteiger charge is 2.25. The molecule has 3 heteroatoms. The van der Waals surface area contributed by atoms with Gasteiger partial charge in [-0.15, -0.1) is 6.42 Å². The van der Waals surface area contributed by atoms with Crippen LogP contribution in [-0.2, 0) is 0 Å². The summed E-state index contributed by atoms with van der Waals surface area (Å²) in [4.78, 5) is 13.2. The van der Waals surface area contributed by atoms with Crippen LogP contribution in [0.25, 0.3) is 0 Å². The van der Waals surface area contributed by atoms with Crippen LogP contribution in [0.1, 0.15) is 26.2 Å². The van der Waals surface area contributed by atoms with E-state index in [-0.39, 0.29) is 6.03 Å². The number of terminal acetylenes is 1. The fourth-order valence-corrected chi connectivity index (χ4v) is 1.13. The molecule has 0 aliphatic heterocycles. The maximum absolute atomic E-state index is 11.5. The zero-order valence-electron chi connectivity index (χ0n) is 8.05. The Morgan fingerprint density at radius 2 is 2.38 bits per heavy atom. The van der Waals surface area contributed by atoms with E-state index >= 15 is 0 Å². The molecule has 72 valence electrons. The number of nitrogens with one attached hydrogen (secondary N) is 1. The normalized spacial score (nSPS) is 14.8. The van der Waals surface area contributed by atoms with Gasteiger partial charge in [0.25, 0.3) is 0 Å². The predicted octanol–water partition coefficient (Wildman–Crippen LogP) is 1.20. The molecule has 0 unspecified atom stereocenters. The lowest BCUT2D eigenvalue weighted by Gasteiger charge is -2.19. The molecule has 2 amide bonds. The van der Waals surface area contributed by atoms with E-state index in [0.29, 0.717) is 12.6 Å². The van der Waals surface area contributed by atoms with Crippen LogP contribution in [0.15, 0.2) is 0 Å². The molecule has 0 saturated heterocycles. The van der Waals surface area contributed by atoms with Gasteiger partial charge in [-0.25, -0.2) is 4.79 Å². The predicted molar refractivity (Wildman–Crippen MR) is 52.3 cm³/mol. The fraction of sp³-hybridized carbons (Fsp3) is 0.700. The third-order valence-corrected chi connectivity index (χ3v) is 1.97. The number of rotatable bonds is 4. The largest absolute Gasteiger partial charge is 0.335 e. The first-order valence-electron chi connectivity index (χ1n) is 4.76. The summed E-state index contributed by atoms with van der Waals surface area (Å²) in [5.41, 5.74) is 0. The Morgan fingerprint density at radius 3 is 2.85 bits per heavy atom. The molecule has 1 aliphatic rings. The van der Waals surface area contributed by atoms with E-state index in [1.165, 1.54) is 0 Å². The standard InChI is InChI=1S/C10H16N2O/c1-3-7-12(8-4-2)10(13)11-9-5-6-9/h1,9H,4-8H2,2H3,(H,11,13). The fourth-order valence-electron chi connectivity index (χ4n) is 1.13. The first kappa shape index (κ1) is 9.91. The number of carbonyl (C=O) groups excluding carboxylic acids is 1. The molecule has 0 aromatic carbocycles. The van der Waals surface area contributed by atoms with Gasteiger partial charge in [-0.05, 0) is 19.3 Å². The molecule has 0 radical (unpaired) electrons. The number of hydrogen-bond donors (Lipinski definition) is 1. The minimum Gasteiger partial charge on any atom is -0.335 e. The SMILES string of the molecule is C#CCN(CCC)C(=O)NC1CC1. The van der Waals surface area contributed by atoms with E-state index in [1.807, 2.05) is 6.92 Å². The molecule has 0 aromatic rings. The van der Waals surface area contributed by atoms with Crippen molar-refractivity contribution in [3.05, 3.63) is 0 Å². The van der Waals surface area contributed by atoms with Gasteiger partial charge in [0.1, 0.15) is 0 Å². The van der Waals surface area contributed by atoms with Crippen molar-refractivity contribution in [1.29, 1.82) is 0 Å². The summed E-state index contributed by atoms with van der Waals surface area (Å²) in [5.74, 6) is 2.49. The van der Waals surface area contributed by atoms with Gasteiger partial charge >= 0.3 is 6.03 Å². The molecule has 0 spiro atoms. The van der Waals surface area contributed by atoms with E-state index in [9.17, 15) is 4.79 Å². The summed E-state index contributed by atoms with van der Waals surface area (Å²) < 4.78 is 0. The lowest BCUT2D eigenvalue weighted by Crippen LogP contribution is -2.41. The zero-order chi connectivity index (χ0) is 9.68. The van der Waals surface area contributed by atoms with Crippen LogP contribution in [0.3, 0.4) is 0 Å². The van der Waals surface area contributed by atoms with Crippen LogP contribution in [-0.4, -0.2) is 30.1 Å². The number of carbonyl (C=O) groups is 1. The second kappa shape index (κ2) is 4.76. The Balaban J connectivity index is 2.32. The first-order chi connectivity index (χ1) is 6.27. The van der Waals surface area contributed by atoms with Crippen molar-refractivity contribution >= 4 is 6.03 Å². The molecule has 0 aromatic heterocycles. The third-order valence-electron chi connectivity index (χ3n) is 1.97. The van der Waals surface area contributed by atoms with Gasteiger partial charge in [0.15, 0.2) is 0 Å². The maximum Gasteiger partial charge on any atom is 0.318 e. The van der Waals surface area contributed by atoms with Gasteiger partial charge in [-0.1, -0.05) is 12.8 Å². The maximum atomic E-state index is 11.5. The van der Waals surface area contributed by atoms with Crippen molar-refractivity contribution in [3.8, 4) is 12.3 Å². The Kier molecular flexibility index (Phi) is 3.63. The highest BCUT2D eigenvalue weighted by molar-refractivity contribution is 5.75. The van der Waals surface area contributed by atoms with Crippen molar-refractivity contribution in [2.24, 2.45) is 0 Å². The molecule has 1 fully saturated rings. The van der Waals surface area contributed by atoms with Gasteiger partial charge in [0.2, 0.25) is 0 Å². The van der Waals surface area contributed by atoms with Gasteiger partial charge in [-0.3, -0.25) is 0 Å². The molecular weight excluding hydrogens is 164 g/mol. The van der Waals surface area contributed by atoms with Crippen LogP contribution in [0.4, 0.5) is 4.79 Å². The van der Waals surface area contributed by atoms with Crippen molar-refractivity contribution in [3.63, 3.8) is 0 Å². The van der Waals surface area contributed by atoms with E-state index in [4.69, 9.17) is 6.42 Å². The lowest BCUT2D eigenvalue weighted by atomic mass is 10.4. The van der Waals surface area contributed by atoms with Gasteiger partial charge < -0.3 is 10.2 Å². The van der Waals surface area contributed by atoms with Gasteiger partial charge in [-0.2, -0.15) is 0 Å². The molecule has 3 nitrogen and oxygen atoms in total. The molecule has 0 heterocycles. The minimum absolute atomic E-state index is 0.0118. The summed E-state index contributed by atoms with van der Waals surface area (Å²) >= 11 is 0. The van der Waals surface area contributed by atoms with E-state index in [2.05, 4.69) is 11.2 Å². The molecule has 1 aliphatic carbocycles. The van der Waals surface area contributed by atoms with Crippen molar-refractivity contribution in [1.82, 2.24) is 10.2 Å². The quantitative estimate of drug-likeness (QED) is 0.648. The topological polar surface area (TPSA) is 32.3 Å². The van der Waals surface area contributed by atoms with Gasteiger partial charge in [0, 0.05) is 12.6 Å². The summed E-state index contributed by atoms with van der Waals surface area (Å²) in [5, 5.41) is 2.92. The summed E-state index contributed by atoms with van der Waals surface area (Å²) in [6, 6.07) is 0.395. The van der Waals surface area contributed by atoms with E-state index < -0.39 is 0 Å². The van der Waals surface area contributed by atoms with E-state index in [0.717, 1.165) is 25.8 Å². The van der Waals surface area contributed by atoms with Crippen molar-refractivity contribution in [2.45, 2.75) is 32.2 Å². The molecule has 1 saturated carbocycles. The van der Waals surface area contributed by atoms with Gasteiger partial charge in [0.05, 0.1) is 6.54 Å². The van der Waals surface area contributed by atoms with Crippen molar-refractivity contribution in [2.75, 3.05) is 13.1 Å². The average Bonchev–Trinajstić information content (AvgIpc) is 2.88. The second-order valence-electron chi connectivity index (χ2n) is 3.35. The van der Waals surface area contributed by atoms with Crippen LogP contribution in [0, 0.1) is 12.3 Å². The molecule has 0 atom stereocenters. The highest BCUT2D eigenvalue weighted by Crippen LogP contribution is 2.18. The summed E-state index contributed by atoms with van der Waals surface area (Å²) in [6.07, 6.45) is 8.34. The number of amides is 2. The Labute approximate surface area is 79.5 Å². The van der Waals surface area contributed by atoms with Crippen LogP contribution < -0.4 is 5.32 Å². The molecule has 13 heavy (non-hydrogen) atoms. The van der Waals surface area contributed by atoms with E-state index in [1.54, 1.807) is 4.90 Å². The molecule has 0 bridgehead atoms. The smallest absolute Gasteiger partial charge is 0.318 e. The summed E-state index contributed by atoms with van der Waals surface area (Å²) in [6.45, 7) is 3.18. The van der Waals surface area contributed by atoms with Crippen LogP contribution in [0.2, 0.25) is 0 Å². The monoisotopic (exact) mass is 180 g/mol. The Bertz CT molecular complexity index is 215. The highest BCUT2D eigenvalue weighted by atomic mass is 16.2. The number of urea groups is 1. The van der Waals surface area contributed by atoms with Crippen LogP contribution in [0.5, 0.6) is 0 Å². The molecule has 1 rings (SSSR count). The average molecular weight is 180 g/mol. The third kappa shape index (κ3) is 3.37. The number of nitrogens with zero attached hydrogens (tertiary/aromatic N) is 1. The summed E-state index contributed by atoms with van der Waals surface area (Å²) in [7, 11) is 0. The Hall–Kier alpha value is -1.17. The second-order valence-corrected chi connectivity index (χ2v) is 3.35. The minimum atomic E-state index is -0.0118.